The highest BCUT2D eigenvalue weighted by atomic mass is 16.1. The molecule has 4 heteroatoms. The Morgan fingerprint density at radius 2 is 1.86 bits per heavy atom. The molecule has 0 rings (SSSR count). The molecular formula is C10H23N3O. The lowest BCUT2D eigenvalue weighted by Crippen LogP contribution is -2.38. The summed E-state index contributed by atoms with van der Waals surface area (Å²) in [6.45, 7) is 6.24. The van der Waals surface area contributed by atoms with Crippen molar-refractivity contribution in [1.29, 1.82) is 0 Å². The van der Waals surface area contributed by atoms with Crippen molar-refractivity contribution in [2.24, 2.45) is 17.4 Å². The third-order valence-electron chi connectivity index (χ3n) is 2.34. The van der Waals surface area contributed by atoms with E-state index in [2.05, 4.69) is 19.2 Å². The van der Waals surface area contributed by atoms with Gasteiger partial charge in [0.25, 0.3) is 0 Å². The van der Waals surface area contributed by atoms with Crippen molar-refractivity contribution in [2.75, 3.05) is 6.54 Å². The van der Waals surface area contributed by atoms with E-state index in [1.54, 1.807) is 0 Å². The van der Waals surface area contributed by atoms with Gasteiger partial charge in [-0.2, -0.15) is 0 Å². The minimum atomic E-state index is -0.0337. The van der Waals surface area contributed by atoms with Gasteiger partial charge in [-0.1, -0.05) is 13.8 Å². The molecule has 5 N–H and O–H groups in total. The second kappa shape index (κ2) is 6.79. The molecule has 0 aromatic heterocycles. The van der Waals surface area contributed by atoms with Gasteiger partial charge in [0.05, 0.1) is 0 Å². The molecule has 0 saturated carbocycles. The lowest BCUT2D eigenvalue weighted by Gasteiger charge is -2.18. The summed E-state index contributed by atoms with van der Waals surface area (Å²) < 4.78 is 0. The molecule has 0 aromatic rings. The number of amides is 1. The van der Waals surface area contributed by atoms with E-state index < -0.39 is 0 Å². The molecule has 0 aliphatic rings. The quantitative estimate of drug-likeness (QED) is 0.575. The number of nitrogens with one attached hydrogen (secondary N) is 1. The van der Waals surface area contributed by atoms with Crippen molar-refractivity contribution < 1.29 is 4.79 Å². The van der Waals surface area contributed by atoms with Crippen LogP contribution in [0.15, 0.2) is 0 Å². The zero-order chi connectivity index (χ0) is 11.1. The summed E-state index contributed by atoms with van der Waals surface area (Å²) in [6.07, 6.45) is 1.78. The number of carbonyl (C=O) groups excluding carboxylic acids is 1. The zero-order valence-electron chi connectivity index (χ0n) is 9.42. The lowest BCUT2D eigenvalue weighted by atomic mass is 9.98. The fourth-order valence-corrected chi connectivity index (χ4v) is 1.12. The van der Waals surface area contributed by atoms with Gasteiger partial charge in [0.15, 0.2) is 0 Å². The Bertz CT molecular complexity index is 171. The van der Waals surface area contributed by atoms with Gasteiger partial charge in [-0.05, 0) is 18.8 Å². The Hall–Kier alpha value is -0.610. The predicted octanol–water partition coefficient (Wildman–Crippen LogP) is 0.213. The normalized spacial score (nSPS) is 15.3. The Labute approximate surface area is 86.4 Å². The Balaban J connectivity index is 3.53. The SMILES string of the molecule is CC(=O)NCC(N)CCC(N)C(C)C. The monoisotopic (exact) mass is 201 g/mol. The number of hydrogen-bond acceptors (Lipinski definition) is 3. The molecule has 0 fully saturated rings. The van der Waals surface area contributed by atoms with Gasteiger partial charge in [-0.3, -0.25) is 4.79 Å². The smallest absolute Gasteiger partial charge is 0.216 e. The maximum absolute atomic E-state index is 10.6. The highest BCUT2D eigenvalue weighted by Crippen LogP contribution is 2.06. The van der Waals surface area contributed by atoms with Gasteiger partial charge in [-0.15, -0.1) is 0 Å². The highest BCUT2D eigenvalue weighted by molar-refractivity contribution is 5.72. The van der Waals surface area contributed by atoms with Gasteiger partial charge in [-0.25, -0.2) is 0 Å². The van der Waals surface area contributed by atoms with Crippen molar-refractivity contribution in [3.63, 3.8) is 0 Å². The Kier molecular flexibility index (Phi) is 6.49. The molecule has 0 aliphatic carbocycles. The molecule has 84 valence electrons. The number of rotatable bonds is 6. The highest BCUT2D eigenvalue weighted by Gasteiger charge is 2.10. The van der Waals surface area contributed by atoms with E-state index in [-0.39, 0.29) is 18.0 Å². The standard InChI is InChI=1S/C10H23N3O/c1-7(2)10(12)5-4-9(11)6-13-8(3)14/h7,9-10H,4-6,11-12H2,1-3H3,(H,13,14). The first-order chi connectivity index (χ1) is 6.43. The zero-order valence-corrected chi connectivity index (χ0v) is 9.42. The van der Waals surface area contributed by atoms with Crippen LogP contribution in [-0.4, -0.2) is 24.5 Å². The van der Waals surface area contributed by atoms with Crippen LogP contribution in [0.4, 0.5) is 0 Å². The average Bonchev–Trinajstić information content (AvgIpc) is 2.10. The maximum atomic E-state index is 10.6. The summed E-state index contributed by atoms with van der Waals surface area (Å²) in [6, 6.07) is 0.224. The largest absolute Gasteiger partial charge is 0.355 e. The summed E-state index contributed by atoms with van der Waals surface area (Å²) in [4.78, 5) is 10.6. The van der Waals surface area contributed by atoms with Gasteiger partial charge in [0.2, 0.25) is 5.91 Å². The van der Waals surface area contributed by atoms with Crippen LogP contribution in [0.5, 0.6) is 0 Å². The predicted molar refractivity (Wildman–Crippen MR) is 58.7 cm³/mol. The molecular weight excluding hydrogens is 178 g/mol. The molecule has 0 aliphatic heterocycles. The van der Waals surface area contributed by atoms with Crippen molar-refractivity contribution >= 4 is 5.91 Å². The minimum absolute atomic E-state index is 0.0173. The van der Waals surface area contributed by atoms with E-state index in [1.165, 1.54) is 6.92 Å². The third kappa shape index (κ3) is 6.86. The van der Waals surface area contributed by atoms with Crippen LogP contribution in [0.3, 0.4) is 0 Å². The van der Waals surface area contributed by atoms with Gasteiger partial charge < -0.3 is 16.8 Å². The van der Waals surface area contributed by atoms with Crippen molar-refractivity contribution in [2.45, 2.75) is 45.7 Å². The number of hydrogen-bond donors (Lipinski definition) is 3. The first-order valence-electron chi connectivity index (χ1n) is 5.19. The minimum Gasteiger partial charge on any atom is -0.355 e. The molecule has 4 nitrogen and oxygen atoms in total. The molecule has 0 saturated heterocycles. The van der Waals surface area contributed by atoms with Crippen LogP contribution in [0.1, 0.15) is 33.6 Å². The molecule has 0 aromatic carbocycles. The molecule has 0 radical (unpaired) electrons. The summed E-state index contributed by atoms with van der Waals surface area (Å²) in [7, 11) is 0. The summed E-state index contributed by atoms with van der Waals surface area (Å²) >= 11 is 0. The van der Waals surface area contributed by atoms with Crippen molar-refractivity contribution in [3.05, 3.63) is 0 Å². The van der Waals surface area contributed by atoms with Crippen molar-refractivity contribution in [1.82, 2.24) is 5.32 Å². The van der Waals surface area contributed by atoms with E-state index in [0.29, 0.717) is 12.5 Å². The molecule has 0 spiro atoms. The van der Waals surface area contributed by atoms with E-state index in [0.717, 1.165) is 12.8 Å². The first kappa shape index (κ1) is 13.4. The Morgan fingerprint density at radius 1 is 1.29 bits per heavy atom. The number of carbonyl (C=O) groups is 1. The summed E-state index contributed by atoms with van der Waals surface area (Å²) in [5, 5.41) is 2.69. The van der Waals surface area contributed by atoms with E-state index in [4.69, 9.17) is 11.5 Å². The van der Waals surface area contributed by atoms with Gasteiger partial charge in [0.1, 0.15) is 0 Å². The summed E-state index contributed by atoms with van der Waals surface area (Å²) in [5.74, 6) is 0.455. The van der Waals surface area contributed by atoms with Gasteiger partial charge in [0, 0.05) is 25.6 Å². The second-order valence-corrected chi connectivity index (χ2v) is 4.18. The topological polar surface area (TPSA) is 81.1 Å². The van der Waals surface area contributed by atoms with Crippen LogP contribution < -0.4 is 16.8 Å². The maximum Gasteiger partial charge on any atom is 0.216 e. The van der Waals surface area contributed by atoms with Crippen LogP contribution in [0.2, 0.25) is 0 Å². The van der Waals surface area contributed by atoms with Gasteiger partial charge >= 0.3 is 0 Å². The summed E-state index contributed by atoms with van der Waals surface area (Å²) in [5.41, 5.74) is 11.7. The molecule has 1 amide bonds. The fraction of sp³-hybridized carbons (Fsp3) is 0.900. The van der Waals surface area contributed by atoms with E-state index in [1.807, 2.05) is 0 Å². The third-order valence-corrected chi connectivity index (χ3v) is 2.34. The Morgan fingerprint density at radius 3 is 2.29 bits per heavy atom. The molecule has 0 heterocycles. The van der Waals surface area contributed by atoms with E-state index >= 15 is 0 Å². The second-order valence-electron chi connectivity index (χ2n) is 4.18. The van der Waals surface area contributed by atoms with Crippen molar-refractivity contribution in [3.8, 4) is 0 Å². The average molecular weight is 201 g/mol. The van der Waals surface area contributed by atoms with Crippen LogP contribution in [0, 0.1) is 5.92 Å². The molecule has 0 bridgehead atoms. The van der Waals surface area contributed by atoms with Crippen LogP contribution in [-0.2, 0) is 4.79 Å². The van der Waals surface area contributed by atoms with Crippen LogP contribution >= 0.6 is 0 Å². The molecule has 14 heavy (non-hydrogen) atoms. The van der Waals surface area contributed by atoms with E-state index in [9.17, 15) is 4.79 Å². The lowest BCUT2D eigenvalue weighted by molar-refractivity contribution is -0.119. The van der Waals surface area contributed by atoms with Crippen LogP contribution in [0.25, 0.3) is 0 Å². The number of nitrogens with two attached hydrogens (primary N) is 2. The molecule has 2 atom stereocenters. The fourth-order valence-electron chi connectivity index (χ4n) is 1.12. The molecule has 2 unspecified atom stereocenters. The first-order valence-corrected chi connectivity index (χ1v) is 5.19.